The van der Waals surface area contributed by atoms with Crippen molar-refractivity contribution in [2.24, 2.45) is 5.10 Å². The third-order valence-electron chi connectivity index (χ3n) is 4.20. The maximum absolute atomic E-state index is 12.6. The van der Waals surface area contributed by atoms with Crippen LogP contribution in [0.2, 0.25) is 0 Å². The zero-order valence-corrected chi connectivity index (χ0v) is 15.5. The van der Waals surface area contributed by atoms with Gasteiger partial charge in [0.2, 0.25) is 11.6 Å². The van der Waals surface area contributed by atoms with Crippen LogP contribution in [0.25, 0.3) is 16.6 Å². The second-order valence-electron chi connectivity index (χ2n) is 6.08. The number of amides is 1. The summed E-state index contributed by atoms with van der Waals surface area (Å²) in [4.78, 5) is 12.6. The minimum atomic E-state index is -0.531. The van der Waals surface area contributed by atoms with Gasteiger partial charge in [0.1, 0.15) is 5.75 Å². The van der Waals surface area contributed by atoms with E-state index in [1.807, 2.05) is 36.4 Å². The molecule has 3 N–H and O–H groups in total. The zero-order chi connectivity index (χ0) is 20.4. The van der Waals surface area contributed by atoms with E-state index in [0.717, 1.165) is 26.8 Å². The first-order valence-corrected chi connectivity index (χ1v) is 8.48. The van der Waals surface area contributed by atoms with Gasteiger partial charge < -0.3 is 10.5 Å². The molecule has 0 aliphatic rings. The average Bonchev–Trinajstić information content (AvgIpc) is 3.32. The normalized spacial score (nSPS) is 11.2. The van der Waals surface area contributed by atoms with Gasteiger partial charge >= 0.3 is 0 Å². The van der Waals surface area contributed by atoms with E-state index < -0.39 is 5.91 Å². The molecule has 2 aromatic heterocycles. The number of anilines is 1. The summed E-state index contributed by atoms with van der Waals surface area (Å²) in [6.45, 7) is 1.63. The standard InChI is InChI=1S/C18H16N8O3/c1-10-15(26(25-21-10)17-16(19)23-29-24-17)18(27)22-20-9-11-3-4-13-8-14(28-2)6-5-12(13)7-11/h3-9H,1-2H3,(H2,19,23)(H,22,27)/b20-9+. The van der Waals surface area contributed by atoms with Crippen LogP contribution >= 0.6 is 0 Å². The van der Waals surface area contributed by atoms with Crippen LogP contribution in [-0.4, -0.2) is 44.5 Å². The maximum atomic E-state index is 12.6. The molecule has 11 heteroatoms. The number of nitrogen functional groups attached to an aromatic ring is 1. The highest BCUT2D eigenvalue weighted by Crippen LogP contribution is 2.21. The highest BCUT2D eigenvalue weighted by atomic mass is 16.6. The summed E-state index contributed by atoms with van der Waals surface area (Å²) in [5, 5.41) is 20.9. The number of nitrogens with one attached hydrogen (secondary N) is 1. The quantitative estimate of drug-likeness (QED) is 0.383. The van der Waals surface area contributed by atoms with E-state index in [0.29, 0.717) is 5.69 Å². The number of ether oxygens (including phenoxy) is 1. The van der Waals surface area contributed by atoms with E-state index in [9.17, 15) is 4.79 Å². The van der Waals surface area contributed by atoms with E-state index >= 15 is 0 Å². The zero-order valence-electron chi connectivity index (χ0n) is 15.5. The third-order valence-corrected chi connectivity index (χ3v) is 4.20. The summed E-state index contributed by atoms with van der Waals surface area (Å²) in [5.74, 6) is 0.316. The lowest BCUT2D eigenvalue weighted by Gasteiger charge is -2.04. The molecule has 0 aliphatic carbocycles. The van der Waals surface area contributed by atoms with Crippen molar-refractivity contribution in [2.45, 2.75) is 6.92 Å². The Kier molecular flexibility index (Phi) is 4.61. The van der Waals surface area contributed by atoms with Crippen LogP contribution in [0.5, 0.6) is 5.75 Å². The van der Waals surface area contributed by atoms with Gasteiger partial charge in [0.05, 0.1) is 19.0 Å². The van der Waals surface area contributed by atoms with Crippen LogP contribution in [0.3, 0.4) is 0 Å². The molecule has 11 nitrogen and oxygen atoms in total. The monoisotopic (exact) mass is 392 g/mol. The molecular formula is C18H16N8O3. The van der Waals surface area contributed by atoms with Gasteiger partial charge in [-0.05, 0) is 51.8 Å². The summed E-state index contributed by atoms with van der Waals surface area (Å²) in [6, 6.07) is 11.6. The van der Waals surface area contributed by atoms with Gasteiger partial charge in [0.15, 0.2) is 5.69 Å². The van der Waals surface area contributed by atoms with Gasteiger partial charge in [-0.3, -0.25) is 4.79 Å². The number of nitrogens with zero attached hydrogens (tertiary/aromatic N) is 6. The molecule has 2 aromatic carbocycles. The Bertz CT molecular complexity index is 1230. The van der Waals surface area contributed by atoms with Crippen LogP contribution in [0.1, 0.15) is 21.7 Å². The number of nitrogens with two attached hydrogens (primary N) is 1. The molecular weight excluding hydrogens is 376 g/mol. The summed E-state index contributed by atoms with van der Waals surface area (Å²) in [7, 11) is 1.63. The summed E-state index contributed by atoms with van der Waals surface area (Å²) >= 11 is 0. The smallest absolute Gasteiger partial charge is 0.292 e. The molecule has 0 aliphatic heterocycles. The minimum Gasteiger partial charge on any atom is -0.497 e. The molecule has 2 heterocycles. The van der Waals surface area contributed by atoms with Gasteiger partial charge in [0, 0.05) is 0 Å². The van der Waals surface area contributed by atoms with Crippen molar-refractivity contribution in [1.82, 2.24) is 30.7 Å². The second-order valence-corrected chi connectivity index (χ2v) is 6.08. The number of carbonyl (C=O) groups excluding carboxylic acids is 1. The maximum Gasteiger partial charge on any atom is 0.292 e. The molecule has 146 valence electrons. The van der Waals surface area contributed by atoms with E-state index in [-0.39, 0.29) is 17.3 Å². The van der Waals surface area contributed by atoms with Crippen LogP contribution in [0.15, 0.2) is 46.1 Å². The molecule has 29 heavy (non-hydrogen) atoms. The van der Waals surface area contributed by atoms with Crippen molar-refractivity contribution in [3.05, 3.63) is 53.3 Å². The van der Waals surface area contributed by atoms with E-state index in [1.54, 1.807) is 14.0 Å². The molecule has 4 aromatic rings. The van der Waals surface area contributed by atoms with E-state index in [1.165, 1.54) is 6.21 Å². The fraction of sp³-hybridized carbons (Fsp3) is 0.111. The molecule has 0 radical (unpaired) electrons. The first kappa shape index (κ1) is 18.1. The predicted octanol–water partition coefficient (Wildman–Crippen LogP) is 1.47. The van der Waals surface area contributed by atoms with Crippen molar-refractivity contribution in [2.75, 3.05) is 12.8 Å². The van der Waals surface area contributed by atoms with Crippen molar-refractivity contribution in [1.29, 1.82) is 0 Å². The molecule has 0 spiro atoms. The number of methoxy groups -OCH3 is 1. The molecule has 4 rings (SSSR count). The van der Waals surface area contributed by atoms with E-state index in [4.69, 9.17) is 10.5 Å². The van der Waals surface area contributed by atoms with Crippen LogP contribution < -0.4 is 15.9 Å². The van der Waals surface area contributed by atoms with Crippen molar-refractivity contribution >= 4 is 28.7 Å². The molecule has 0 bridgehead atoms. The predicted molar refractivity (Wildman–Crippen MR) is 104 cm³/mol. The minimum absolute atomic E-state index is 0.0137. The Morgan fingerprint density at radius 1 is 1.24 bits per heavy atom. The lowest BCUT2D eigenvalue weighted by Crippen LogP contribution is -2.22. The Morgan fingerprint density at radius 2 is 2.03 bits per heavy atom. The second kappa shape index (κ2) is 7.38. The fourth-order valence-electron chi connectivity index (χ4n) is 2.77. The Balaban J connectivity index is 1.53. The topological polar surface area (TPSA) is 146 Å². The Labute approximate surface area is 164 Å². The lowest BCUT2D eigenvalue weighted by atomic mass is 10.1. The largest absolute Gasteiger partial charge is 0.497 e. The summed E-state index contributed by atoms with van der Waals surface area (Å²) < 4.78 is 10.9. The number of hydrogen-bond donors (Lipinski definition) is 2. The number of aryl methyl sites for hydroxylation is 1. The average molecular weight is 392 g/mol. The van der Waals surface area contributed by atoms with Crippen molar-refractivity contribution < 1.29 is 14.2 Å². The lowest BCUT2D eigenvalue weighted by molar-refractivity contribution is 0.0946. The Hall–Kier alpha value is -4.28. The summed E-state index contributed by atoms with van der Waals surface area (Å²) in [6.07, 6.45) is 1.54. The first-order valence-electron chi connectivity index (χ1n) is 8.48. The van der Waals surface area contributed by atoms with Gasteiger partial charge in [-0.25, -0.2) is 10.1 Å². The fourth-order valence-corrected chi connectivity index (χ4v) is 2.77. The third kappa shape index (κ3) is 3.48. The number of hydrogen-bond acceptors (Lipinski definition) is 9. The number of fused-ring (bicyclic) bond motifs is 1. The number of benzene rings is 2. The summed E-state index contributed by atoms with van der Waals surface area (Å²) in [5.41, 5.74) is 9.43. The first-order chi connectivity index (χ1) is 14.1. The van der Waals surface area contributed by atoms with Crippen molar-refractivity contribution in [3.8, 4) is 11.6 Å². The number of aromatic nitrogens is 5. The Morgan fingerprint density at radius 3 is 2.79 bits per heavy atom. The SMILES string of the molecule is COc1ccc2cc(/C=N/NC(=O)c3c(C)nnn3-c3nonc3N)ccc2c1. The molecule has 0 saturated carbocycles. The van der Waals surface area contributed by atoms with Crippen molar-refractivity contribution in [3.63, 3.8) is 0 Å². The van der Waals surface area contributed by atoms with Gasteiger partial charge in [-0.1, -0.05) is 23.4 Å². The van der Waals surface area contributed by atoms with Gasteiger partial charge in [-0.2, -0.15) is 9.78 Å². The molecule has 0 unspecified atom stereocenters. The van der Waals surface area contributed by atoms with Crippen LogP contribution in [-0.2, 0) is 0 Å². The highest BCUT2D eigenvalue weighted by Gasteiger charge is 2.22. The molecule has 0 saturated heterocycles. The number of rotatable bonds is 5. The number of carbonyl (C=O) groups is 1. The van der Waals surface area contributed by atoms with Gasteiger partial charge in [-0.15, -0.1) is 5.10 Å². The molecule has 0 atom stereocenters. The van der Waals surface area contributed by atoms with Crippen LogP contribution in [0, 0.1) is 6.92 Å². The van der Waals surface area contributed by atoms with Gasteiger partial charge in [0.25, 0.3) is 5.91 Å². The van der Waals surface area contributed by atoms with Crippen LogP contribution in [0.4, 0.5) is 5.82 Å². The van der Waals surface area contributed by atoms with E-state index in [2.05, 4.69) is 35.8 Å². The number of hydrazone groups is 1. The molecule has 0 fully saturated rings. The molecule has 1 amide bonds. The highest BCUT2D eigenvalue weighted by molar-refractivity contribution is 5.95.